The van der Waals surface area contributed by atoms with Gasteiger partial charge in [-0.15, -0.1) is 0 Å². The van der Waals surface area contributed by atoms with Crippen molar-refractivity contribution >= 4 is 6.09 Å². The quantitative estimate of drug-likeness (QED) is 0.845. The predicted octanol–water partition coefficient (Wildman–Crippen LogP) is 1.74. The first kappa shape index (κ1) is 19.5. The minimum atomic E-state index is -0.417. The second kappa shape index (κ2) is 8.50. The first-order valence-corrected chi connectivity index (χ1v) is 9.41. The predicted molar refractivity (Wildman–Crippen MR) is 97.1 cm³/mol. The number of hydrogen-bond donors (Lipinski definition) is 1. The van der Waals surface area contributed by atoms with E-state index in [-0.39, 0.29) is 6.09 Å². The zero-order chi connectivity index (χ0) is 17.7. The van der Waals surface area contributed by atoms with Crippen LogP contribution in [-0.2, 0) is 4.74 Å². The van der Waals surface area contributed by atoms with Crippen molar-refractivity contribution in [1.29, 1.82) is 0 Å². The minimum absolute atomic E-state index is 0.183. The molecular formula is C18H36N4O2. The summed E-state index contributed by atoms with van der Waals surface area (Å²) in [7, 11) is 2.23. The molecule has 2 fully saturated rings. The molecule has 24 heavy (non-hydrogen) atoms. The topological polar surface area (TPSA) is 62.0 Å². The monoisotopic (exact) mass is 340 g/mol. The first-order valence-electron chi connectivity index (χ1n) is 9.41. The zero-order valence-corrected chi connectivity index (χ0v) is 16.0. The van der Waals surface area contributed by atoms with Crippen molar-refractivity contribution in [2.24, 2.45) is 5.73 Å². The fourth-order valence-corrected chi connectivity index (χ4v) is 3.50. The van der Waals surface area contributed by atoms with Gasteiger partial charge in [0.15, 0.2) is 0 Å². The van der Waals surface area contributed by atoms with E-state index in [9.17, 15) is 4.79 Å². The summed E-state index contributed by atoms with van der Waals surface area (Å²) in [5.74, 6) is 0. The summed E-state index contributed by atoms with van der Waals surface area (Å²) in [5, 5.41) is 0. The molecule has 0 radical (unpaired) electrons. The van der Waals surface area contributed by atoms with Crippen LogP contribution in [0.1, 0.15) is 46.5 Å². The van der Waals surface area contributed by atoms with E-state index in [1.807, 2.05) is 25.7 Å². The highest BCUT2D eigenvalue weighted by Crippen LogP contribution is 2.21. The Labute approximate surface area is 147 Å². The SMILES string of the molecule is CN(CCN1CCN(C(=O)OC(C)(C)C)CC1)C1CCC(N)CC1. The highest BCUT2D eigenvalue weighted by molar-refractivity contribution is 5.68. The lowest BCUT2D eigenvalue weighted by Crippen LogP contribution is -2.51. The second-order valence-corrected chi connectivity index (χ2v) is 8.36. The highest BCUT2D eigenvalue weighted by atomic mass is 16.6. The van der Waals surface area contributed by atoms with Crippen molar-refractivity contribution in [2.75, 3.05) is 46.3 Å². The van der Waals surface area contributed by atoms with E-state index in [0.717, 1.165) is 52.1 Å². The number of piperazine rings is 1. The Morgan fingerprint density at radius 3 is 2.25 bits per heavy atom. The molecule has 1 saturated carbocycles. The van der Waals surface area contributed by atoms with Crippen LogP contribution in [0.3, 0.4) is 0 Å². The van der Waals surface area contributed by atoms with Gasteiger partial charge in [-0.2, -0.15) is 0 Å². The van der Waals surface area contributed by atoms with Crippen LogP contribution in [0.15, 0.2) is 0 Å². The van der Waals surface area contributed by atoms with E-state index < -0.39 is 5.60 Å². The van der Waals surface area contributed by atoms with Crippen molar-refractivity contribution in [2.45, 2.75) is 64.1 Å². The lowest BCUT2D eigenvalue weighted by Gasteiger charge is -2.38. The van der Waals surface area contributed by atoms with Gasteiger partial charge in [0.25, 0.3) is 0 Å². The van der Waals surface area contributed by atoms with Crippen LogP contribution in [0.5, 0.6) is 0 Å². The molecule has 2 aliphatic rings. The van der Waals surface area contributed by atoms with E-state index in [2.05, 4.69) is 16.8 Å². The smallest absolute Gasteiger partial charge is 0.410 e. The zero-order valence-electron chi connectivity index (χ0n) is 16.0. The minimum Gasteiger partial charge on any atom is -0.444 e. The van der Waals surface area contributed by atoms with Gasteiger partial charge < -0.3 is 20.3 Å². The maximum absolute atomic E-state index is 12.1. The molecular weight excluding hydrogens is 304 g/mol. The lowest BCUT2D eigenvalue weighted by atomic mass is 9.91. The molecule has 0 spiro atoms. The van der Waals surface area contributed by atoms with Gasteiger partial charge >= 0.3 is 6.09 Å². The molecule has 140 valence electrons. The van der Waals surface area contributed by atoms with Gasteiger partial charge in [-0.3, -0.25) is 4.90 Å². The van der Waals surface area contributed by atoms with Crippen LogP contribution in [-0.4, -0.2) is 84.8 Å². The van der Waals surface area contributed by atoms with Gasteiger partial charge in [0.2, 0.25) is 0 Å². The normalized spacial score (nSPS) is 26.7. The molecule has 0 atom stereocenters. The Morgan fingerprint density at radius 1 is 1.12 bits per heavy atom. The van der Waals surface area contributed by atoms with Gasteiger partial charge in [-0.25, -0.2) is 4.79 Å². The molecule has 1 aliphatic carbocycles. The van der Waals surface area contributed by atoms with Gasteiger partial charge in [0, 0.05) is 51.4 Å². The number of carbonyl (C=O) groups is 1. The third-order valence-electron chi connectivity index (χ3n) is 5.16. The number of hydrogen-bond acceptors (Lipinski definition) is 5. The highest BCUT2D eigenvalue weighted by Gasteiger charge is 2.26. The Balaban J connectivity index is 1.65. The van der Waals surface area contributed by atoms with Crippen LogP contribution in [0.25, 0.3) is 0 Å². The largest absolute Gasteiger partial charge is 0.444 e. The maximum Gasteiger partial charge on any atom is 0.410 e. The molecule has 1 saturated heterocycles. The molecule has 2 N–H and O–H groups in total. The molecule has 6 heteroatoms. The second-order valence-electron chi connectivity index (χ2n) is 8.36. The van der Waals surface area contributed by atoms with Crippen molar-refractivity contribution in [3.8, 4) is 0 Å². The summed E-state index contributed by atoms with van der Waals surface area (Å²) in [5.41, 5.74) is 5.58. The van der Waals surface area contributed by atoms with E-state index in [1.165, 1.54) is 12.8 Å². The summed E-state index contributed by atoms with van der Waals surface area (Å²) < 4.78 is 5.45. The Kier molecular flexibility index (Phi) is 6.89. The summed E-state index contributed by atoms with van der Waals surface area (Å²) >= 11 is 0. The summed E-state index contributed by atoms with van der Waals surface area (Å²) in [6, 6.07) is 1.10. The van der Waals surface area contributed by atoms with Crippen LogP contribution in [0.4, 0.5) is 4.79 Å². The molecule has 0 aromatic heterocycles. The standard InChI is InChI=1S/C18H36N4O2/c1-18(2,3)24-17(23)22-13-11-21(12-14-22)10-9-20(4)16-7-5-15(19)6-8-16/h15-16H,5-14,19H2,1-4H3. The third-order valence-corrected chi connectivity index (χ3v) is 5.16. The molecule has 0 aromatic rings. The number of likely N-dealkylation sites (N-methyl/N-ethyl adjacent to an activating group) is 1. The Bertz CT molecular complexity index is 394. The number of amides is 1. The average Bonchev–Trinajstić information content (AvgIpc) is 2.52. The fourth-order valence-electron chi connectivity index (χ4n) is 3.50. The molecule has 1 heterocycles. The molecule has 1 aliphatic heterocycles. The van der Waals surface area contributed by atoms with Gasteiger partial charge in [-0.05, 0) is 53.5 Å². The number of nitrogens with zero attached hydrogens (tertiary/aromatic N) is 3. The van der Waals surface area contributed by atoms with Crippen LogP contribution >= 0.6 is 0 Å². The van der Waals surface area contributed by atoms with Crippen LogP contribution < -0.4 is 5.73 Å². The van der Waals surface area contributed by atoms with Crippen molar-refractivity contribution in [3.63, 3.8) is 0 Å². The maximum atomic E-state index is 12.1. The van der Waals surface area contributed by atoms with Gasteiger partial charge in [-0.1, -0.05) is 0 Å². The van der Waals surface area contributed by atoms with Crippen LogP contribution in [0.2, 0.25) is 0 Å². The van der Waals surface area contributed by atoms with Crippen LogP contribution in [0, 0.1) is 0 Å². The fraction of sp³-hybridized carbons (Fsp3) is 0.944. The van der Waals surface area contributed by atoms with E-state index in [0.29, 0.717) is 12.1 Å². The molecule has 2 rings (SSSR count). The summed E-state index contributed by atoms with van der Waals surface area (Å²) in [4.78, 5) is 18.9. The summed E-state index contributed by atoms with van der Waals surface area (Å²) in [6.45, 7) is 11.3. The lowest BCUT2D eigenvalue weighted by molar-refractivity contribution is 0.0135. The van der Waals surface area contributed by atoms with Crippen molar-refractivity contribution in [3.05, 3.63) is 0 Å². The van der Waals surface area contributed by atoms with Crippen molar-refractivity contribution in [1.82, 2.24) is 14.7 Å². The Morgan fingerprint density at radius 2 is 1.71 bits per heavy atom. The molecule has 0 aromatic carbocycles. The molecule has 0 bridgehead atoms. The Hall–Kier alpha value is -0.850. The molecule has 0 unspecified atom stereocenters. The summed E-state index contributed by atoms with van der Waals surface area (Å²) in [6.07, 6.45) is 4.58. The average molecular weight is 341 g/mol. The number of carbonyl (C=O) groups excluding carboxylic acids is 1. The molecule has 1 amide bonds. The first-order chi connectivity index (χ1) is 11.2. The van der Waals surface area contributed by atoms with Gasteiger partial charge in [0.1, 0.15) is 5.60 Å². The number of rotatable bonds is 4. The number of ether oxygens (including phenoxy) is 1. The van der Waals surface area contributed by atoms with Gasteiger partial charge in [0.05, 0.1) is 0 Å². The van der Waals surface area contributed by atoms with E-state index in [1.54, 1.807) is 0 Å². The number of nitrogens with two attached hydrogens (primary N) is 1. The van der Waals surface area contributed by atoms with Crippen molar-refractivity contribution < 1.29 is 9.53 Å². The van der Waals surface area contributed by atoms with E-state index >= 15 is 0 Å². The third kappa shape index (κ3) is 6.22. The van der Waals surface area contributed by atoms with E-state index in [4.69, 9.17) is 10.5 Å². The molecule has 6 nitrogen and oxygen atoms in total.